The minimum absolute atomic E-state index is 0.0815. The van der Waals surface area contributed by atoms with E-state index in [0.717, 1.165) is 16.8 Å². The Hall–Kier alpha value is -4.02. The highest BCUT2D eigenvalue weighted by molar-refractivity contribution is 7.85. The van der Waals surface area contributed by atoms with Crippen molar-refractivity contribution in [3.8, 4) is 22.5 Å². The Kier molecular flexibility index (Phi) is 9.25. The van der Waals surface area contributed by atoms with Gasteiger partial charge in [-0.1, -0.05) is 19.1 Å². The van der Waals surface area contributed by atoms with Gasteiger partial charge in [-0.25, -0.2) is 4.39 Å². The van der Waals surface area contributed by atoms with Gasteiger partial charge in [0.15, 0.2) is 5.78 Å². The van der Waals surface area contributed by atoms with E-state index >= 15 is 0 Å². The van der Waals surface area contributed by atoms with Gasteiger partial charge in [-0.3, -0.25) is 14.1 Å². The molecule has 0 saturated carbocycles. The summed E-state index contributed by atoms with van der Waals surface area (Å²) in [5, 5.41) is 3.31. The number of hydrogen-bond donors (Lipinski definition) is 2. The predicted octanol–water partition coefficient (Wildman–Crippen LogP) is 6.35. The molecule has 0 aliphatic heterocycles. The topological polar surface area (TPSA) is 117 Å². The summed E-state index contributed by atoms with van der Waals surface area (Å²) in [7, 11) is -4.10. The van der Waals surface area contributed by atoms with Crippen molar-refractivity contribution in [2.45, 2.75) is 33.6 Å². The fourth-order valence-corrected chi connectivity index (χ4v) is 5.34. The van der Waals surface area contributed by atoms with Gasteiger partial charge in [0.1, 0.15) is 17.2 Å². The number of amides is 1. The summed E-state index contributed by atoms with van der Waals surface area (Å²) in [6, 6.07) is 16.7. The predicted molar refractivity (Wildman–Crippen MR) is 159 cm³/mol. The molecule has 10 heteroatoms. The van der Waals surface area contributed by atoms with Crippen LogP contribution in [-0.2, 0) is 10.1 Å². The Labute approximate surface area is 238 Å². The highest BCUT2D eigenvalue weighted by Gasteiger charge is 2.24. The van der Waals surface area contributed by atoms with Crippen molar-refractivity contribution in [1.29, 1.82) is 0 Å². The lowest BCUT2D eigenvalue weighted by Gasteiger charge is -2.24. The molecule has 1 heterocycles. The van der Waals surface area contributed by atoms with E-state index in [-0.39, 0.29) is 36.9 Å². The van der Waals surface area contributed by atoms with Crippen molar-refractivity contribution in [3.05, 3.63) is 77.6 Å². The van der Waals surface area contributed by atoms with Crippen LogP contribution in [0.2, 0.25) is 0 Å². The van der Waals surface area contributed by atoms with E-state index in [9.17, 15) is 22.4 Å². The fraction of sp³-hybridized carbons (Fsp3) is 0.290. The lowest BCUT2D eigenvalue weighted by atomic mass is 9.95. The molecule has 216 valence electrons. The zero-order valence-electron chi connectivity index (χ0n) is 23.2. The summed E-state index contributed by atoms with van der Waals surface area (Å²) in [5.74, 6) is -0.933. The standard InChI is InChI=1S/C31H33FN2O6S/c1-4-27(35)29-25-18-24(21-9-7-10-22(17-21)31(36)33-15-8-16-41(37,38)39)26(34(5-2)6-3)19-28(25)40-30(29)20-11-13-23(32)14-12-20/h7,9-14,17-19H,4-6,8,15-16H2,1-3H3,(H,33,36)(H,37,38,39). The number of furan rings is 1. The van der Waals surface area contributed by atoms with E-state index in [0.29, 0.717) is 46.5 Å². The van der Waals surface area contributed by atoms with Crippen molar-refractivity contribution in [2.75, 3.05) is 30.3 Å². The molecule has 0 radical (unpaired) electrons. The molecule has 0 fully saturated rings. The molecule has 0 spiro atoms. The summed E-state index contributed by atoms with van der Waals surface area (Å²) in [5.41, 5.74) is 4.34. The molecule has 8 nitrogen and oxygen atoms in total. The number of rotatable bonds is 12. The molecule has 41 heavy (non-hydrogen) atoms. The fourth-order valence-electron chi connectivity index (χ4n) is 4.83. The smallest absolute Gasteiger partial charge is 0.264 e. The molecule has 2 N–H and O–H groups in total. The maximum Gasteiger partial charge on any atom is 0.264 e. The van der Waals surface area contributed by atoms with Crippen LogP contribution < -0.4 is 10.2 Å². The zero-order chi connectivity index (χ0) is 29.7. The van der Waals surface area contributed by atoms with Crippen molar-refractivity contribution in [2.24, 2.45) is 0 Å². The second-order valence-electron chi connectivity index (χ2n) is 9.60. The average Bonchev–Trinajstić information content (AvgIpc) is 3.33. The van der Waals surface area contributed by atoms with E-state index < -0.39 is 15.9 Å². The minimum Gasteiger partial charge on any atom is -0.455 e. The van der Waals surface area contributed by atoms with Crippen LogP contribution in [0.4, 0.5) is 10.1 Å². The average molecular weight is 581 g/mol. The Morgan fingerprint density at radius 2 is 1.68 bits per heavy atom. The van der Waals surface area contributed by atoms with Gasteiger partial charge in [0.05, 0.1) is 11.3 Å². The van der Waals surface area contributed by atoms with E-state index in [2.05, 4.69) is 10.2 Å². The van der Waals surface area contributed by atoms with Crippen molar-refractivity contribution >= 4 is 38.5 Å². The third kappa shape index (κ3) is 6.83. The number of ketones is 1. The number of halogens is 1. The van der Waals surface area contributed by atoms with Crippen molar-refractivity contribution in [1.82, 2.24) is 5.32 Å². The zero-order valence-corrected chi connectivity index (χ0v) is 24.1. The van der Waals surface area contributed by atoms with Crippen LogP contribution in [0, 0.1) is 5.82 Å². The normalized spacial score (nSPS) is 11.5. The SMILES string of the molecule is CCC(=O)c1c(-c2ccc(F)cc2)oc2cc(N(CC)CC)c(-c3cccc(C(=O)NCCCS(=O)(=O)O)c3)cc12. The van der Waals surface area contributed by atoms with Gasteiger partial charge in [-0.05, 0) is 68.3 Å². The van der Waals surface area contributed by atoms with Crippen molar-refractivity contribution in [3.63, 3.8) is 0 Å². The van der Waals surface area contributed by atoms with Crippen LogP contribution in [0.1, 0.15) is 54.3 Å². The van der Waals surface area contributed by atoms with E-state index in [4.69, 9.17) is 8.97 Å². The lowest BCUT2D eigenvalue weighted by Crippen LogP contribution is -2.26. The number of benzene rings is 3. The Morgan fingerprint density at radius 3 is 2.32 bits per heavy atom. The van der Waals surface area contributed by atoms with Crippen LogP contribution in [0.15, 0.2) is 65.1 Å². The van der Waals surface area contributed by atoms with Crippen LogP contribution in [0.5, 0.6) is 0 Å². The molecule has 0 aliphatic carbocycles. The highest BCUT2D eigenvalue weighted by atomic mass is 32.2. The van der Waals surface area contributed by atoms with Crippen LogP contribution >= 0.6 is 0 Å². The summed E-state index contributed by atoms with van der Waals surface area (Å²) in [4.78, 5) is 28.2. The number of carbonyl (C=O) groups is 2. The molecule has 1 aromatic heterocycles. The third-order valence-electron chi connectivity index (χ3n) is 6.92. The third-order valence-corrected chi connectivity index (χ3v) is 7.72. The van der Waals surface area contributed by atoms with Gasteiger partial charge in [-0.2, -0.15) is 8.42 Å². The van der Waals surface area contributed by atoms with E-state index in [1.165, 1.54) is 12.1 Å². The van der Waals surface area contributed by atoms with Gasteiger partial charge in [-0.15, -0.1) is 0 Å². The van der Waals surface area contributed by atoms with Gasteiger partial charge in [0.2, 0.25) is 0 Å². The summed E-state index contributed by atoms with van der Waals surface area (Å²) in [6.45, 7) is 7.34. The molecular weight excluding hydrogens is 547 g/mol. The Morgan fingerprint density at radius 1 is 0.976 bits per heavy atom. The van der Waals surface area contributed by atoms with E-state index in [1.54, 1.807) is 37.3 Å². The maximum absolute atomic E-state index is 13.7. The first-order valence-corrected chi connectivity index (χ1v) is 15.2. The summed E-state index contributed by atoms with van der Waals surface area (Å²) in [6.07, 6.45) is 0.335. The quantitative estimate of drug-likeness (QED) is 0.114. The number of nitrogens with zero attached hydrogens (tertiary/aromatic N) is 1. The Bertz CT molecular complexity index is 1680. The highest BCUT2D eigenvalue weighted by Crippen LogP contribution is 2.41. The first-order valence-electron chi connectivity index (χ1n) is 13.5. The number of nitrogens with one attached hydrogen (secondary N) is 1. The number of Topliss-reactive ketones (excluding diaryl/α,β-unsaturated/α-hetero) is 1. The molecule has 4 rings (SSSR count). The van der Waals surface area contributed by atoms with Crippen LogP contribution in [-0.4, -0.2) is 50.0 Å². The van der Waals surface area contributed by atoms with Gasteiger partial charge in [0.25, 0.3) is 16.0 Å². The second-order valence-corrected chi connectivity index (χ2v) is 11.2. The molecule has 0 atom stereocenters. The number of carbonyl (C=O) groups excluding carboxylic acids is 2. The molecular formula is C31H33FN2O6S. The molecule has 0 unspecified atom stereocenters. The number of anilines is 1. The number of fused-ring (bicyclic) bond motifs is 1. The maximum atomic E-state index is 13.7. The molecule has 0 bridgehead atoms. The molecule has 3 aromatic carbocycles. The van der Waals surface area contributed by atoms with Gasteiger partial charge >= 0.3 is 0 Å². The minimum atomic E-state index is -4.10. The van der Waals surface area contributed by atoms with Crippen LogP contribution in [0.25, 0.3) is 33.4 Å². The largest absolute Gasteiger partial charge is 0.455 e. The summed E-state index contributed by atoms with van der Waals surface area (Å²) < 4.78 is 50.7. The van der Waals surface area contributed by atoms with E-state index in [1.807, 2.05) is 32.0 Å². The van der Waals surface area contributed by atoms with Gasteiger partial charge in [0, 0.05) is 59.9 Å². The Balaban J connectivity index is 1.83. The van der Waals surface area contributed by atoms with Gasteiger partial charge < -0.3 is 14.6 Å². The monoisotopic (exact) mass is 580 g/mol. The van der Waals surface area contributed by atoms with Crippen molar-refractivity contribution < 1.29 is 31.4 Å². The summed E-state index contributed by atoms with van der Waals surface area (Å²) >= 11 is 0. The molecule has 1 amide bonds. The first kappa shape index (κ1) is 30.0. The van der Waals surface area contributed by atoms with Crippen LogP contribution in [0.3, 0.4) is 0 Å². The second kappa shape index (κ2) is 12.7. The lowest BCUT2D eigenvalue weighted by molar-refractivity contribution is 0.0952. The molecule has 0 saturated heterocycles. The number of hydrogen-bond acceptors (Lipinski definition) is 6. The first-order chi connectivity index (χ1) is 19.6. The molecule has 4 aromatic rings. The molecule has 0 aliphatic rings.